The molecule has 0 radical (unpaired) electrons. The molecule has 1 fully saturated rings. The van der Waals surface area contributed by atoms with Crippen LogP contribution < -0.4 is 4.90 Å². The van der Waals surface area contributed by atoms with Gasteiger partial charge in [0.1, 0.15) is 0 Å². The summed E-state index contributed by atoms with van der Waals surface area (Å²) < 4.78 is 1.56. The van der Waals surface area contributed by atoms with Crippen LogP contribution in [0.4, 0.5) is 5.82 Å². The van der Waals surface area contributed by atoms with Crippen molar-refractivity contribution in [2.45, 2.75) is 19.8 Å². The zero-order valence-electron chi connectivity index (χ0n) is 16.6. The SMILES string of the molecule is CC(C)c1cccc(-n2cc(O)c(C(=O)N3CCN(c4cccnn4)CC3)n2)c1. The van der Waals surface area contributed by atoms with Crippen LogP contribution in [-0.4, -0.2) is 62.1 Å². The van der Waals surface area contributed by atoms with Gasteiger partial charge in [-0.3, -0.25) is 4.79 Å². The molecule has 29 heavy (non-hydrogen) atoms. The molecule has 0 atom stereocenters. The normalized spacial score (nSPS) is 14.4. The molecule has 1 N–H and O–H groups in total. The topological polar surface area (TPSA) is 87.4 Å². The maximum atomic E-state index is 12.9. The summed E-state index contributed by atoms with van der Waals surface area (Å²) in [6.07, 6.45) is 3.13. The number of benzene rings is 1. The van der Waals surface area contributed by atoms with Crippen molar-refractivity contribution in [3.8, 4) is 11.4 Å². The minimum atomic E-state index is -0.264. The van der Waals surface area contributed by atoms with E-state index in [0.717, 1.165) is 11.5 Å². The van der Waals surface area contributed by atoms with Crippen molar-refractivity contribution in [1.82, 2.24) is 24.9 Å². The molecule has 1 aromatic carbocycles. The molecule has 150 valence electrons. The number of rotatable bonds is 4. The fourth-order valence-corrected chi connectivity index (χ4v) is 3.43. The van der Waals surface area contributed by atoms with Gasteiger partial charge in [0, 0.05) is 32.4 Å². The lowest BCUT2D eigenvalue weighted by atomic mass is 10.0. The zero-order chi connectivity index (χ0) is 20.4. The highest BCUT2D eigenvalue weighted by Crippen LogP contribution is 2.23. The van der Waals surface area contributed by atoms with Gasteiger partial charge in [-0.05, 0) is 35.7 Å². The van der Waals surface area contributed by atoms with E-state index in [9.17, 15) is 9.90 Å². The molecule has 0 unspecified atom stereocenters. The Morgan fingerprint density at radius 2 is 1.90 bits per heavy atom. The Morgan fingerprint density at radius 3 is 2.59 bits per heavy atom. The van der Waals surface area contributed by atoms with Gasteiger partial charge in [0.15, 0.2) is 17.3 Å². The van der Waals surface area contributed by atoms with Crippen LogP contribution in [0.1, 0.15) is 35.8 Å². The van der Waals surface area contributed by atoms with Crippen LogP contribution in [-0.2, 0) is 0 Å². The first-order valence-corrected chi connectivity index (χ1v) is 9.74. The number of aromatic hydroxyl groups is 1. The maximum absolute atomic E-state index is 12.9. The highest BCUT2D eigenvalue weighted by atomic mass is 16.3. The van der Waals surface area contributed by atoms with E-state index < -0.39 is 0 Å². The average molecular weight is 392 g/mol. The van der Waals surface area contributed by atoms with Crippen LogP contribution in [0.25, 0.3) is 5.69 Å². The van der Waals surface area contributed by atoms with Crippen LogP contribution >= 0.6 is 0 Å². The highest BCUT2D eigenvalue weighted by Gasteiger charge is 2.27. The number of amides is 1. The van der Waals surface area contributed by atoms with E-state index in [0.29, 0.717) is 32.1 Å². The molecular weight excluding hydrogens is 368 g/mol. The number of carbonyl (C=O) groups is 1. The van der Waals surface area contributed by atoms with Crippen LogP contribution in [0.5, 0.6) is 5.75 Å². The van der Waals surface area contributed by atoms with Gasteiger partial charge in [-0.25, -0.2) is 4.68 Å². The van der Waals surface area contributed by atoms with Gasteiger partial charge in [-0.2, -0.15) is 10.2 Å². The first-order valence-electron chi connectivity index (χ1n) is 9.74. The Kier molecular flexibility index (Phi) is 5.16. The van der Waals surface area contributed by atoms with Crippen LogP contribution in [0.15, 0.2) is 48.8 Å². The lowest BCUT2D eigenvalue weighted by Crippen LogP contribution is -2.49. The maximum Gasteiger partial charge on any atom is 0.278 e. The Morgan fingerprint density at radius 1 is 1.10 bits per heavy atom. The molecule has 0 bridgehead atoms. The number of hydrogen-bond acceptors (Lipinski definition) is 6. The van der Waals surface area contributed by atoms with Crippen molar-refractivity contribution >= 4 is 11.7 Å². The van der Waals surface area contributed by atoms with Gasteiger partial charge in [0.2, 0.25) is 0 Å². The third kappa shape index (κ3) is 3.91. The van der Waals surface area contributed by atoms with Crippen molar-refractivity contribution in [2.24, 2.45) is 0 Å². The Hall–Kier alpha value is -3.42. The number of nitrogens with zero attached hydrogens (tertiary/aromatic N) is 6. The summed E-state index contributed by atoms with van der Waals surface area (Å²) in [6.45, 7) is 6.62. The summed E-state index contributed by atoms with van der Waals surface area (Å²) in [5.74, 6) is 0.809. The summed E-state index contributed by atoms with van der Waals surface area (Å²) in [7, 11) is 0. The van der Waals surface area contributed by atoms with Gasteiger partial charge in [0.05, 0.1) is 11.9 Å². The first kappa shape index (κ1) is 18.9. The van der Waals surface area contributed by atoms with E-state index in [4.69, 9.17) is 0 Å². The lowest BCUT2D eigenvalue weighted by molar-refractivity contribution is 0.0737. The summed E-state index contributed by atoms with van der Waals surface area (Å²) in [5.41, 5.74) is 2.07. The predicted octanol–water partition coefficient (Wildman–Crippen LogP) is 2.45. The fraction of sp³-hybridized carbons (Fsp3) is 0.333. The molecule has 8 heteroatoms. The molecule has 3 heterocycles. The molecule has 0 spiro atoms. The fourth-order valence-electron chi connectivity index (χ4n) is 3.43. The van der Waals surface area contributed by atoms with Crippen LogP contribution in [0.2, 0.25) is 0 Å². The van der Waals surface area contributed by atoms with Crippen LogP contribution in [0, 0.1) is 0 Å². The summed E-state index contributed by atoms with van der Waals surface area (Å²) >= 11 is 0. The van der Waals surface area contributed by atoms with Crippen molar-refractivity contribution in [2.75, 3.05) is 31.1 Å². The Labute approximate surface area is 169 Å². The largest absolute Gasteiger partial charge is 0.504 e. The molecule has 3 aromatic rings. The molecule has 1 amide bonds. The van der Waals surface area contributed by atoms with E-state index in [1.807, 2.05) is 30.3 Å². The van der Waals surface area contributed by atoms with Crippen molar-refractivity contribution in [1.29, 1.82) is 0 Å². The predicted molar refractivity (Wildman–Crippen MR) is 109 cm³/mol. The summed E-state index contributed by atoms with van der Waals surface area (Å²) in [6, 6.07) is 11.7. The Bertz CT molecular complexity index is 993. The molecule has 1 aliphatic rings. The number of anilines is 1. The lowest BCUT2D eigenvalue weighted by Gasteiger charge is -2.34. The first-order chi connectivity index (χ1) is 14.0. The average Bonchev–Trinajstić information content (AvgIpc) is 3.15. The van der Waals surface area contributed by atoms with E-state index in [2.05, 4.69) is 40.1 Å². The molecule has 0 saturated carbocycles. The standard InChI is InChI=1S/C21H24N6O2/c1-15(2)16-5-3-6-17(13-16)27-14-18(28)20(24-27)21(29)26-11-9-25(10-12-26)19-7-4-8-22-23-19/h3-8,13-15,28H,9-12H2,1-2H3. The third-order valence-electron chi connectivity index (χ3n) is 5.15. The molecule has 2 aromatic heterocycles. The second-order valence-corrected chi connectivity index (χ2v) is 7.42. The number of carbonyl (C=O) groups excluding carboxylic acids is 1. The van der Waals surface area contributed by atoms with Gasteiger partial charge < -0.3 is 14.9 Å². The van der Waals surface area contributed by atoms with Gasteiger partial charge in [-0.1, -0.05) is 26.0 Å². The number of hydrogen-bond donors (Lipinski definition) is 1. The minimum absolute atomic E-state index is 0.0768. The van der Waals surface area contributed by atoms with Crippen LogP contribution in [0.3, 0.4) is 0 Å². The van der Waals surface area contributed by atoms with Crippen molar-refractivity contribution < 1.29 is 9.90 Å². The quantitative estimate of drug-likeness (QED) is 0.734. The molecule has 1 saturated heterocycles. The smallest absolute Gasteiger partial charge is 0.278 e. The molecular formula is C21H24N6O2. The van der Waals surface area contributed by atoms with Gasteiger partial charge >= 0.3 is 0 Å². The van der Waals surface area contributed by atoms with E-state index >= 15 is 0 Å². The molecule has 1 aliphatic heterocycles. The van der Waals surface area contributed by atoms with Crippen molar-refractivity contribution in [3.63, 3.8) is 0 Å². The Balaban J connectivity index is 1.48. The van der Waals surface area contributed by atoms with E-state index in [1.165, 1.54) is 11.8 Å². The zero-order valence-corrected chi connectivity index (χ0v) is 16.6. The highest BCUT2D eigenvalue weighted by molar-refractivity contribution is 5.95. The van der Waals surface area contributed by atoms with Gasteiger partial charge in [0.25, 0.3) is 5.91 Å². The summed E-state index contributed by atoms with van der Waals surface area (Å²) in [5, 5.41) is 22.7. The van der Waals surface area contributed by atoms with E-state index in [-0.39, 0.29) is 17.4 Å². The number of piperazine rings is 1. The van der Waals surface area contributed by atoms with E-state index in [1.54, 1.807) is 15.8 Å². The second kappa shape index (κ2) is 7.90. The molecule has 4 rings (SSSR count). The monoisotopic (exact) mass is 392 g/mol. The van der Waals surface area contributed by atoms with Gasteiger partial charge in [-0.15, -0.1) is 5.10 Å². The number of aromatic nitrogens is 4. The van der Waals surface area contributed by atoms with Crippen molar-refractivity contribution in [3.05, 3.63) is 60.0 Å². The summed E-state index contributed by atoms with van der Waals surface area (Å²) in [4.78, 5) is 16.7. The molecule has 0 aliphatic carbocycles. The minimum Gasteiger partial charge on any atom is -0.504 e. The third-order valence-corrected chi connectivity index (χ3v) is 5.15. The molecule has 8 nitrogen and oxygen atoms in total. The second-order valence-electron chi connectivity index (χ2n) is 7.42.